The van der Waals surface area contributed by atoms with Gasteiger partial charge in [0.25, 0.3) is 0 Å². The summed E-state index contributed by atoms with van der Waals surface area (Å²) in [7, 11) is -2.00. The molecule has 2 rings (SSSR count). The van der Waals surface area contributed by atoms with Gasteiger partial charge >= 0.3 is 16.1 Å². The highest BCUT2D eigenvalue weighted by Crippen LogP contribution is 2.20. The number of rotatable bonds is 8. The van der Waals surface area contributed by atoms with Gasteiger partial charge in [0.2, 0.25) is 0 Å². The normalized spacial score (nSPS) is 12.1. The summed E-state index contributed by atoms with van der Waals surface area (Å²) < 4.78 is 32.4. The third-order valence-electron chi connectivity index (χ3n) is 4.23. The van der Waals surface area contributed by atoms with Crippen LogP contribution >= 0.6 is 0 Å². The van der Waals surface area contributed by atoms with Crippen molar-refractivity contribution in [3.05, 3.63) is 54.1 Å². The number of nitrogens with zero attached hydrogens (tertiary/aromatic N) is 1. The van der Waals surface area contributed by atoms with Crippen molar-refractivity contribution in [2.45, 2.75) is 32.9 Å². The van der Waals surface area contributed by atoms with Crippen LogP contribution in [0.4, 0.5) is 10.5 Å². The molecule has 0 aromatic heterocycles. The van der Waals surface area contributed by atoms with E-state index in [4.69, 9.17) is 8.92 Å². The molecule has 0 spiro atoms. The molecule has 2 amide bonds. The summed E-state index contributed by atoms with van der Waals surface area (Å²) in [5.41, 5.74) is 1.51. The summed E-state index contributed by atoms with van der Waals surface area (Å²) in [4.78, 5) is 14.6. The highest BCUT2D eigenvalue weighted by molar-refractivity contribution is 7.86. The Morgan fingerprint density at radius 3 is 2.39 bits per heavy atom. The Hall–Kier alpha value is -2.74. The predicted octanol–water partition coefficient (Wildman–Crippen LogP) is 3.87. The number of ether oxygens (including phenoxy) is 1. The molecule has 0 fully saturated rings. The second-order valence-electron chi connectivity index (χ2n) is 6.48. The van der Waals surface area contributed by atoms with E-state index < -0.39 is 10.1 Å². The first kappa shape index (κ1) is 21.6. The summed E-state index contributed by atoms with van der Waals surface area (Å²) in [5.74, 6) is 0.900. The van der Waals surface area contributed by atoms with Gasteiger partial charge < -0.3 is 19.1 Å². The zero-order valence-electron chi connectivity index (χ0n) is 16.5. The van der Waals surface area contributed by atoms with Crippen LogP contribution in [0.3, 0.4) is 0 Å². The highest BCUT2D eigenvalue weighted by Gasteiger charge is 2.20. The Kier molecular flexibility index (Phi) is 7.28. The van der Waals surface area contributed by atoms with E-state index in [-0.39, 0.29) is 17.8 Å². The molecule has 28 heavy (non-hydrogen) atoms. The number of hydrogen-bond acceptors (Lipinski definition) is 5. The third-order valence-corrected chi connectivity index (χ3v) is 4.72. The monoisotopic (exact) mass is 406 g/mol. The third kappa shape index (κ3) is 6.45. The lowest BCUT2D eigenvalue weighted by molar-refractivity contribution is 0.187. The number of amides is 2. The molecule has 1 N–H and O–H groups in total. The molecule has 2 aromatic carbocycles. The summed E-state index contributed by atoms with van der Waals surface area (Å²) in [6, 6.07) is 13.6. The molecule has 152 valence electrons. The summed E-state index contributed by atoms with van der Waals surface area (Å²) >= 11 is 0. The first-order valence-corrected chi connectivity index (χ1v) is 10.7. The van der Waals surface area contributed by atoms with Gasteiger partial charge in [0.15, 0.2) is 0 Å². The Morgan fingerprint density at radius 1 is 1.14 bits per heavy atom. The maximum atomic E-state index is 12.8. The van der Waals surface area contributed by atoms with Gasteiger partial charge in [-0.1, -0.05) is 25.1 Å². The lowest BCUT2D eigenvalue weighted by atomic mass is 10.1. The lowest BCUT2D eigenvalue weighted by Crippen LogP contribution is -2.40. The van der Waals surface area contributed by atoms with Gasteiger partial charge in [-0.2, -0.15) is 8.42 Å². The van der Waals surface area contributed by atoms with Crippen LogP contribution in [0.25, 0.3) is 0 Å². The first-order valence-electron chi connectivity index (χ1n) is 8.92. The molecule has 8 heteroatoms. The van der Waals surface area contributed by atoms with Crippen LogP contribution in [0.1, 0.15) is 25.8 Å². The van der Waals surface area contributed by atoms with Crippen molar-refractivity contribution in [2.24, 2.45) is 0 Å². The number of methoxy groups -OCH3 is 1. The minimum absolute atomic E-state index is 0.0116. The molecule has 0 saturated heterocycles. The molecule has 0 heterocycles. The molecule has 7 nitrogen and oxygen atoms in total. The van der Waals surface area contributed by atoms with E-state index in [0.29, 0.717) is 18.0 Å². The minimum Gasteiger partial charge on any atom is -0.497 e. The van der Waals surface area contributed by atoms with E-state index in [0.717, 1.165) is 18.2 Å². The van der Waals surface area contributed by atoms with E-state index in [1.807, 2.05) is 26.0 Å². The van der Waals surface area contributed by atoms with Crippen molar-refractivity contribution in [2.75, 3.05) is 18.7 Å². The van der Waals surface area contributed by atoms with Crippen LogP contribution in [-0.2, 0) is 16.7 Å². The second kappa shape index (κ2) is 9.45. The van der Waals surface area contributed by atoms with E-state index in [9.17, 15) is 13.2 Å². The van der Waals surface area contributed by atoms with Crippen molar-refractivity contribution in [3.8, 4) is 11.5 Å². The molecule has 0 aliphatic carbocycles. The Morgan fingerprint density at radius 2 is 1.82 bits per heavy atom. The predicted molar refractivity (Wildman–Crippen MR) is 109 cm³/mol. The van der Waals surface area contributed by atoms with Crippen LogP contribution in [0.5, 0.6) is 11.5 Å². The van der Waals surface area contributed by atoms with Crippen LogP contribution in [0, 0.1) is 0 Å². The summed E-state index contributed by atoms with van der Waals surface area (Å²) in [6.45, 7) is 4.37. The molecule has 1 atom stereocenters. The van der Waals surface area contributed by atoms with Gasteiger partial charge in [0.1, 0.15) is 11.5 Å². The summed E-state index contributed by atoms with van der Waals surface area (Å²) in [5, 5.41) is 2.90. The second-order valence-corrected chi connectivity index (χ2v) is 8.05. The average Bonchev–Trinajstić information content (AvgIpc) is 2.65. The highest BCUT2D eigenvalue weighted by atomic mass is 32.2. The van der Waals surface area contributed by atoms with Crippen LogP contribution in [0.2, 0.25) is 0 Å². The molecule has 0 radical (unpaired) electrons. The molecule has 0 aliphatic rings. The van der Waals surface area contributed by atoms with Gasteiger partial charge in [-0.25, -0.2) is 4.79 Å². The zero-order chi connectivity index (χ0) is 20.7. The Labute approximate surface area is 166 Å². The fourth-order valence-electron chi connectivity index (χ4n) is 2.57. The van der Waals surface area contributed by atoms with E-state index in [2.05, 4.69) is 5.32 Å². The fraction of sp³-hybridized carbons (Fsp3) is 0.350. The maximum Gasteiger partial charge on any atom is 0.322 e. The maximum absolute atomic E-state index is 12.8. The lowest BCUT2D eigenvalue weighted by Gasteiger charge is -2.29. The van der Waals surface area contributed by atoms with Gasteiger partial charge in [0, 0.05) is 24.3 Å². The minimum atomic E-state index is -3.57. The topological polar surface area (TPSA) is 84.9 Å². The van der Waals surface area contributed by atoms with Gasteiger partial charge in [-0.15, -0.1) is 0 Å². The van der Waals surface area contributed by atoms with Crippen molar-refractivity contribution >= 4 is 21.8 Å². The van der Waals surface area contributed by atoms with E-state index in [1.54, 1.807) is 48.4 Å². The van der Waals surface area contributed by atoms with Crippen LogP contribution in [-0.4, -0.2) is 38.8 Å². The number of urea groups is 1. The smallest absolute Gasteiger partial charge is 0.322 e. The fourth-order valence-corrected chi connectivity index (χ4v) is 3.03. The number of anilines is 1. The van der Waals surface area contributed by atoms with Crippen molar-refractivity contribution in [3.63, 3.8) is 0 Å². The number of carbonyl (C=O) groups is 1. The zero-order valence-corrected chi connectivity index (χ0v) is 17.3. The standard InChI is InChI=1S/C20H26N2O5S/c1-5-15(2)22(20(23)21-17-7-6-8-19(13-17)26-3)14-16-9-11-18(12-10-16)27-28(4,24)25/h6-13,15H,5,14H2,1-4H3,(H,21,23). The molecule has 2 aromatic rings. The van der Waals surface area contributed by atoms with Gasteiger partial charge in [0.05, 0.1) is 13.4 Å². The average molecular weight is 407 g/mol. The molecular formula is C20H26N2O5S. The van der Waals surface area contributed by atoms with Crippen molar-refractivity contribution in [1.29, 1.82) is 0 Å². The van der Waals surface area contributed by atoms with Crippen LogP contribution in [0.15, 0.2) is 48.5 Å². The molecular weight excluding hydrogens is 380 g/mol. The van der Waals surface area contributed by atoms with E-state index >= 15 is 0 Å². The first-order chi connectivity index (χ1) is 13.2. The Bertz CT molecular complexity index is 897. The van der Waals surface area contributed by atoms with E-state index in [1.165, 1.54) is 0 Å². The number of hydrogen-bond donors (Lipinski definition) is 1. The molecule has 1 unspecified atom stereocenters. The van der Waals surface area contributed by atoms with Crippen LogP contribution < -0.4 is 14.2 Å². The van der Waals surface area contributed by atoms with Crippen molar-refractivity contribution < 1.29 is 22.1 Å². The Balaban J connectivity index is 2.13. The number of benzene rings is 2. The molecule has 0 aliphatic heterocycles. The number of carbonyl (C=O) groups excluding carboxylic acids is 1. The quantitative estimate of drug-likeness (QED) is 0.673. The van der Waals surface area contributed by atoms with Gasteiger partial charge in [-0.3, -0.25) is 0 Å². The van der Waals surface area contributed by atoms with Gasteiger partial charge in [-0.05, 0) is 43.2 Å². The summed E-state index contributed by atoms with van der Waals surface area (Å²) in [6.07, 6.45) is 1.79. The number of nitrogens with one attached hydrogen (secondary N) is 1. The molecule has 0 saturated carbocycles. The van der Waals surface area contributed by atoms with Crippen molar-refractivity contribution in [1.82, 2.24) is 4.90 Å². The largest absolute Gasteiger partial charge is 0.497 e. The molecule has 0 bridgehead atoms. The SMILES string of the molecule is CCC(C)N(Cc1ccc(OS(C)(=O)=O)cc1)C(=O)Nc1cccc(OC)c1.